The summed E-state index contributed by atoms with van der Waals surface area (Å²) in [7, 11) is 0. The largest absolute Gasteiger partial charge is 0.480 e. The average molecular weight is 284 g/mol. The van der Waals surface area contributed by atoms with Gasteiger partial charge in [-0.25, -0.2) is 9.59 Å². The minimum absolute atomic E-state index is 0.139. The number of amides is 2. The third-order valence-corrected chi connectivity index (χ3v) is 4.24. The van der Waals surface area contributed by atoms with Crippen molar-refractivity contribution < 1.29 is 14.7 Å². The zero-order chi connectivity index (χ0) is 15.7. The highest BCUT2D eigenvalue weighted by Gasteiger charge is 2.37. The Labute approximate surface area is 121 Å². The fourth-order valence-electron chi connectivity index (χ4n) is 2.84. The fourth-order valence-corrected chi connectivity index (χ4v) is 2.84. The number of likely N-dealkylation sites (tertiary alicyclic amines) is 1. The molecule has 1 rings (SSSR count). The van der Waals surface area contributed by atoms with Crippen molar-refractivity contribution >= 4 is 12.0 Å². The van der Waals surface area contributed by atoms with Crippen molar-refractivity contribution in [2.24, 2.45) is 17.3 Å². The van der Waals surface area contributed by atoms with Crippen molar-refractivity contribution in [1.82, 2.24) is 10.2 Å². The van der Waals surface area contributed by atoms with Gasteiger partial charge >= 0.3 is 12.0 Å². The summed E-state index contributed by atoms with van der Waals surface area (Å²) < 4.78 is 0. The molecule has 116 valence electrons. The van der Waals surface area contributed by atoms with Gasteiger partial charge in [-0.05, 0) is 30.6 Å². The second kappa shape index (κ2) is 6.02. The van der Waals surface area contributed by atoms with Crippen LogP contribution in [0.25, 0.3) is 0 Å². The third-order valence-electron chi connectivity index (χ3n) is 4.24. The minimum atomic E-state index is -0.989. The van der Waals surface area contributed by atoms with Crippen LogP contribution in [0.5, 0.6) is 0 Å². The summed E-state index contributed by atoms with van der Waals surface area (Å²) in [6, 6.07) is -1.01. The Morgan fingerprint density at radius 2 is 1.80 bits per heavy atom. The lowest BCUT2D eigenvalue weighted by Crippen LogP contribution is -2.58. The van der Waals surface area contributed by atoms with Crippen LogP contribution in [0.2, 0.25) is 0 Å². The highest BCUT2D eigenvalue weighted by atomic mass is 16.4. The number of hydrogen-bond donors (Lipinski definition) is 2. The topological polar surface area (TPSA) is 69.6 Å². The Balaban J connectivity index is 2.81. The Kier molecular flexibility index (Phi) is 5.05. The van der Waals surface area contributed by atoms with E-state index in [0.29, 0.717) is 18.4 Å². The third kappa shape index (κ3) is 3.87. The second-order valence-corrected chi connectivity index (χ2v) is 7.30. The summed E-state index contributed by atoms with van der Waals surface area (Å²) in [5.41, 5.74) is -0.516. The van der Waals surface area contributed by atoms with Gasteiger partial charge in [0.2, 0.25) is 0 Å². The lowest BCUT2D eigenvalue weighted by Gasteiger charge is -2.42. The van der Waals surface area contributed by atoms with E-state index < -0.39 is 17.4 Å². The average Bonchev–Trinajstić information content (AvgIpc) is 2.28. The Hall–Kier alpha value is -1.26. The van der Waals surface area contributed by atoms with Crippen LogP contribution in [-0.2, 0) is 4.79 Å². The van der Waals surface area contributed by atoms with Gasteiger partial charge in [0.1, 0.15) is 6.04 Å². The van der Waals surface area contributed by atoms with Crippen LogP contribution < -0.4 is 5.32 Å². The lowest BCUT2D eigenvalue weighted by molar-refractivity contribution is -0.142. The van der Waals surface area contributed by atoms with Gasteiger partial charge in [0.15, 0.2) is 0 Å². The number of carboxylic acids is 1. The molecule has 20 heavy (non-hydrogen) atoms. The quantitative estimate of drug-likeness (QED) is 0.818. The van der Waals surface area contributed by atoms with Gasteiger partial charge in [-0.1, -0.05) is 34.6 Å². The smallest absolute Gasteiger partial charge is 0.326 e. The van der Waals surface area contributed by atoms with E-state index in [0.717, 1.165) is 6.42 Å². The van der Waals surface area contributed by atoms with E-state index in [1.807, 2.05) is 27.7 Å². The molecule has 1 heterocycles. The van der Waals surface area contributed by atoms with Crippen molar-refractivity contribution in [2.75, 3.05) is 6.54 Å². The maximum Gasteiger partial charge on any atom is 0.326 e. The molecule has 4 atom stereocenters. The molecule has 0 aromatic heterocycles. The standard InChI is InChI=1S/C15H28N2O3/c1-9-7-10(2)11(3)17(8-9)14(20)16-12(13(18)19)15(4,5)6/h9-12H,7-8H2,1-6H3,(H,16,20)(H,18,19)/t9?,10?,11?,12-/m0/s1. The van der Waals surface area contributed by atoms with E-state index >= 15 is 0 Å². The van der Waals surface area contributed by atoms with Crippen LogP contribution in [-0.4, -0.2) is 40.6 Å². The number of piperidine rings is 1. The molecule has 2 N–H and O–H groups in total. The minimum Gasteiger partial charge on any atom is -0.480 e. The van der Waals surface area contributed by atoms with Gasteiger partial charge in [-0.2, -0.15) is 0 Å². The van der Waals surface area contributed by atoms with E-state index in [1.165, 1.54) is 0 Å². The van der Waals surface area contributed by atoms with Crippen LogP contribution in [0.3, 0.4) is 0 Å². The summed E-state index contributed by atoms with van der Waals surface area (Å²) in [4.78, 5) is 25.5. The van der Waals surface area contributed by atoms with Crippen molar-refractivity contribution in [2.45, 2.75) is 60.0 Å². The summed E-state index contributed by atoms with van der Waals surface area (Å²) >= 11 is 0. The molecule has 0 aliphatic carbocycles. The van der Waals surface area contributed by atoms with E-state index in [9.17, 15) is 14.7 Å². The number of urea groups is 1. The first kappa shape index (κ1) is 16.8. The maximum absolute atomic E-state index is 12.4. The van der Waals surface area contributed by atoms with E-state index in [2.05, 4.69) is 19.2 Å². The molecular formula is C15H28N2O3. The number of nitrogens with zero attached hydrogens (tertiary/aromatic N) is 1. The maximum atomic E-state index is 12.4. The molecule has 0 radical (unpaired) electrons. The van der Waals surface area contributed by atoms with E-state index in [-0.39, 0.29) is 12.1 Å². The molecule has 1 aliphatic heterocycles. The predicted molar refractivity (Wildman–Crippen MR) is 78.5 cm³/mol. The molecule has 3 unspecified atom stereocenters. The van der Waals surface area contributed by atoms with Gasteiger partial charge in [0.25, 0.3) is 0 Å². The van der Waals surface area contributed by atoms with Gasteiger partial charge in [0, 0.05) is 12.6 Å². The van der Waals surface area contributed by atoms with Crippen LogP contribution >= 0.6 is 0 Å². The molecule has 1 aliphatic rings. The van der Waals surface area contributed by atoms with Crippen LogP contribution in [0, 0.1) is 17.3 Å². The van der Waals surface area contributed by atoms with Crippen LogP contribution in [0.4, 0.5) is 4.79 Å². The SMILES string of the molecule is CC1CC(C)C(C)N(C(=O)N[C@@H](C(=O)O)C(C)(C)C)C1. The molecular weight excluding hydrogens is 256 g/mol. The first-order chi connectivity index (χ1) is 9.04. The zero-order valence-corrected chi connectivity index (χ0v) is 13.4. The number of aliphatic carboxylic acids is 1. The number of hydrogen-bond acceptors (Lipinski definition) is 2. The monoisotopic (exact) mass is 284 g/mol. The van der Waals surface area contributed by atoms with Crippen molar-refractivity contribution in [3.05, 3.63) is 0 Å². The van der Waals surface area contributed by atoms with Crippen molar-refractivity contribution in [3.8, 4) is 0 Å². The predicted octanol–water partition coefficient (Wildman–Crippen LogP) is 2.56. The van der Waals surface area contributed by atoms with Crippen molar-refractivity contribution in [1.29, 1.82) is 0 Å². The van der Waals surface area contributed by atoms with Gasteiger partial charge in [0.05, 0.1) is 0 Å². The molecule has 2 amide bonds. The molecule has 1 saturated heterocycles. The summed E-state index contributed by atoms with van der Waals surface area (Å²) in [5.74, 6) is -0.108. The molecule has 0 spiro atoms. The van der Waals surface area contributed by atoms with Gasteiger partial charge < -0.3 is 15.3 Å². The Morgan fingerprint density at radius 3 is 2.25 bits per heavy atom. The summed E-state index contributed by atoms with van der Waals surface area (Å²) in [6.07, 6.45) is 1.10. The highest BCUT2D eigenvalue weighted by molar-refractivity contribution is 5.83. The molecule has 0 aromatic rings. The molecule has 0 saturated carbocycles. The number of carbonyl (C=O) groups is 2. The Bertz CT molecular complexity index is 376. The van der Waals surface area contributed by atoms with Crippen molar-refractivity contribution in [3.63, 3.8) is 0 Å². The van der Waals surface area contributed by atoms with Gasteiger partial charge in [-0.3, -0.25) is 0 Å². The molecule has 0 aromatic carbocycles. The first-order valence-electron chi connectivity index (χ1n) is 7.34. The molecule has 1 fully saturated rings. The number of nitrogens with one attached hydrogen (secondary N) is 1. The second-order valence-electron chi connectivity index (χ2n) is 7.30. The number of carboxylic acid groups (broad SMARTS) is 1. The lowest BCUT2D eigenvalue weighted by atomic mass is 9.85. The fraction of sp³-hybridized carbons (Fsp3) is 0.867. The number of rotatable bonds is 2. The first-order valence-corrected chi connectivity index (χ1v) is 7.34. The zero-order valence-electron chi connectivity index (χ0n) is 13.4. The Morgan fingerprint density at radius 1 is 1.25 bits per heavy atom. The highest BCUT2D eigenvalue weighted by Crippen LogP contribution is 2.27. The molecule has 5 heteroatoms. The van der Waals surface area contributed by atoms with Gasteiger partial charge in [-0.15, -0.1) is 0 Å². The van der Waals surface area contributed by atoms with Crippen LogP contribution in [0.15, 0.2) is 0 Å². The molecule has 0 bridgehead atoms. The summed E-state index contributed by atoms with van der Waals surface area (Å²) in [5, 5.41) is 12.0. The number of carbonyl (C=O) groups excluding carboxylic acids is 1. The van der Waals surface area contributed by atoms with E-state index in [4.69, 9.17) is 0 Å². The van der Waals surface area contributed by atoms with E-state index in [1.54, 1.807) is 4.90 Å². The normalized spacial score (nSPS) is 28.9. The molecule has 5 nitrogen and oxygen atoms in total. The van der Waals surface area contributed by atoms with Crippen LogP contribution in [0.1, 0.15) is 48.0 Å². The summed E-state index contributed by atoms with van der Waals surface area (Å²) in [6.45, 7) is 12.4.